The van der Waals surface area contributed by atoms with Crippen LogP contribution in [0.5, 0.6) is 0 Å². The number of rotatable bonds is 3. The lowest BCUT2D eigenvalue weighted by Gasteiger charge is -2.35. The SMILES string of the molecule is Cc1cccc(CN(C)[C@@H]2CCCC[C@H]2O)c1. The number of aryl methyl sites for hydroxylation is 1. The van der Waals surface area contributed by atoms with E-state index in [-0.39, 0.29) is 6.10 Å². The Balaban J connectivity index is 1.98. The number of nitrogens with zero attached hydrogens (tertiary/aromatic N) is 1. The minimum absolute atomic E-state index is 0.140. The van der Waals surface area contributed by atoms with Crippen LogP contribution in [0.2, 0.25) is 0 Å². The highest BCUT2D eigenvalue weighted by Gasteiger charge is 2.26. The maximum Gasteiger partial charge on any atom is 0.0695 e. The minimum Gasteiger partial charge on any atom is -0.391 e. The lowest BCUT2D eigenvalue weighted by atomic mass is 9.91. The average molecular weight is 233 g/mol. The molecule has 0 spiro atoms. The first-order chi connectivity index (χ1) is 8.16. The molecule has 0 amide bonds. The number of likely N-dealkylation sites (N-methyl/N-ethyl adjacent to an activating group) is 1. The van der Waals surface area contributed by atoms with E-state index in [9.17, 15) is 5.11 Å². The molecule has 1 aliphatic carbocycles. The molecule has 1 N–H and O–H groups in total. The van der Waals surface area contributed by atoms with Crippen molar-refractivity contribution in [2.24, 2.45) is 0 Å². The fourth-order valence-corrected chi connectivity index (χ4v) is 2.82. The summed E-state index contributed by atoms with van der Waals surface area (Å²) in [6.07, 6.45) is 4.38. The van der Waals surface area contributed by atoms with Crippen LogP contribution in [0.25, 0.3) is 0 Å². The van der Waals surface area contributed by atoms with Crippen molar-refractivity contribution < 1.29 is 5.11 Å². The summed E-state index contributed by atoms with van der Waals surface area (Å²) < 4.78 is 0. The van der Waals surface area contributed by atoms with Gasteiger partial charge in [0.2, 0.25) is 0 Å². The first kappa shape index (κ1) is 12.6. The standard InChI is InChI=1S/C15H23NO/c1-12-6-5-7-13(10-12)11-16(2)14-8-3-4-9-15(14)17/h5-7,10,14-15,17H,3-4,8-9,11H2,1-2H3/t14-,15-/m1/s1. The number of aliphatic hydroxyl groups is 1. The maximum absolute atomic E-state index is 10.0. The van der Waals surface area contributed by atoms with E-state index >= 15 is 0 Å². The molecule has 17 heavy (non-hydrogen) atoms. The van der Waals surface area contributed by atoms with E-state index in [4.69, 9.17) is 0 Å². The second-order valence-corrected chi connectivity index (χ2v) is 5.32. The molecule has 94 valence electrons. The molecule has 2 nitrogen and oxygen atoms in total. The highest BCUT2D eigenvalue weighted by atomic mass is 16.3. The van der Waals surface area contributed by atoms with Crippen LogP contribution in [0.1, 0.15) is 36.8 Å². The molecule has 1 aromatic carbocycles. The minimum atomic E-state index is -0.140. The lowest BCUT2D eigenvalue weighted by molar-refractivity contribution is 0.0288. The van der Waals surface area contributed by atoms with Gasteiger partial charge in [-0.15, -0.1) is 0 Å². The molecule has 0 radical (unpaired) electrons. The highest BCUT2D eigenvalue weighted by molar-refractivity contribution is 5.22. The Kier molecular flexibility index (Phi) is 4.19. The van der Waals surface area contributed by atoms with Crippen LogP contribution >= 0.6 is 0 Å². The molecule has 0 aliphatic heterocycles. The van der Waals surface area contributed by atoms with Crippen molar-refractivity contribution in [2.75, 3.05) is 7.05 Å². The average Bonchev–Trinajstić information content (AvgIpc) is 2.29. The summed E-state index contributed by atoms with van der Waals surface area (Å²) in [6, 6.07) is 8.96. The van der Waals surface area contributed by atoms with Gasteiger partial charge in [-0.05, 0) is 32.4 Å². The predicted octanol–water partition coefficient (Wildman–Crippen LogP) is 2.73. The summed E-state index contributed by atoms with van der Waals surface area (Å²) >= 11 is 0. The van der Waals surface area contributed by atoms with E-state index in [1.807, 2.05) is 0 Å². The molecular weight excluding hydrogens is 210 g/mol. The van der Waals surface area contributed by atoms with Crippen molar-refractivity contribution in [3.63, 3.8) is 0 Å². The number of hydrogen-bond donors (Lipinski definition) is 1. The van der Waals surface area contributed by atoms with Crippen molar-refractivity contribution in [3.05, 3.63) is 35.4 Å². The molecule has 0 unspecified atom stereocenters. The zero-order chi connectivity index (χ0) is 12.3. The van der Waals surface area contributed by atoms with E-state index in [0.717, 1.165) is 19.4 Å². The van der Waals surface area contributed by atoms with Crippen molar-refractivity contribution in [2.45, 2.75) is 51.3 Å². The van der Waals surface area contributed by atoms with Crippen LogP contribution in [0.3, 0.4) is 0 Å². The van der Waals surface area contributed by atoms with E-state index in [2.05, 4.69) is 43.1 Å². The summed E-state index contributed by atoms with van der Waals surface area (Å²) in [6.45, 7) is 3.06. The van der Waals surface area contributed by atoms with E-state index in [0.29, 0.717) is 6.04 Å². The van der Waals surface area contributed by atoms with Gasteiger partial charge in [0.25, 0.3) is 0 Å². The van der Waals surface area contributed by atoms with Gasteiger partial charge in [-0.25, -0.2) is 0 Å². The first-order valence-electron chi connectivity index (χ1n) is 6.60. The van der Waals surface area contributed by atoms with Gasteiger partial charge in [0.1, 0.15) is 0 Å². The fraction of sp³-hybridized carbons (Fsp3) is 0.600. The number of benzene rings is 1. The largest absolute Gasteiger partial charge is 0.391 e. The van der Waals surface area contributed by atoms with Gasteiger partial charge in [-0.3, -0.25) is 4.90 Å². The smallest absolute Gasteiger partial charge is 0.0695 e. The Labute approximate surface area is 104 Å². The van der Waals surface area contributed by atoms with Crippen LogP contribution in [0, 0.1) is 6.92 Å². The van der Waals surface area contributed by atoms with Gasteiger partial charge in [0, 0.05) is 12.6 Å². The number of aliphatic hydroxyl groups excluding tert-OH is 1. The van der Waals surface area contributed by atoms with Gasteiger partial charge < -0.3 is 5.11 Å². The van der Waals surface area contributed by atoms with Crippen molar-refractivity contribution in [3.8, 4) is 0 Å². The van der Waals surface area contributed by atoms with Crippen LogP contribution < -0.4 is 0 Å². The summed E-state index contributed by atoms with van der Waals surface area (Å²) in [5, 5.41) is 10.0. The van der Waals surface area contributed by atoms with Gasteiger partial charge in [0.15, 0.2) is 0 Å². The van der Waals surface area contributed by atoms with Gasteiger partial charge >= 0.3 is 0 Å². The van der Waals surface area contributed by atoms with Gasteiger partial charge in [-0.1, -0.05) is 42.7 Å². The van der Waals surface area contributed by atoms with Gasteiger partial charge in [-0.2, -0.15) is 0 Å². The van der Waals surface area contributed by atoms with Crippen molar-refractivity contribution in [1.82, 2.24) is 4.90 Å². The number of hydrogen-bond acceptors (Lipinski definition) is 2. The predicted molar refractivity (Wildman–Crippen MR) is 70.9 cm³/mol. The summed E-state index contributed by atoms with van der Waals surface area (Å²) in [4.78, 5) is 2.30. The topological polar surface area (TPSA) is 23.5 Å². The summed E-state index contributed by atoms with van der Waals surface area (Å²) in [5.41, 5.74) is 2.64. The highest BCUT2D eigenvalue weighted by Crippen LogP contribution is 2.23. The van der Waals surface area contributed by atoms with E-state index < -0.39 is 0 Å². The third kappa shape index (κ3) is 3.30. The molecule has 1 aromatic rings. The molecular formula is C15H23NO. The fourth-order valence-electron chi connectivity index (χ4n) is 2.82. The van der Waals surface area contributed by atoms with E-state index in [1.165, 1.54) is 24.0 Å². The molecule has 0 aromatic heterocycles. The molecule has 2 heteroatoms. The Morgan fingerprint density at radius 1 is 1.29 bits per heavy atom. The van der Waals surface area contributed by atoms with E-state index in [1.54, 1.807) is 0 Å². The lowest BCUT2D eigenvalue weighted by Crippen LogP contribution is -2.42. The third-order valence-electron chi connectivity index (χ3n) is 3.77. The molecule has 1 fully saturated rings. The summed E-state index contributed by atoms with van der Waals surface area (Å²) in [5.74, 6) is 0. The monoisotopic (exact) mass is 233 g/mol. The molecule has 0 heterocycles. The molecule has 1 saturated carbocycles. The Bertz CT molecular complexity index is 364. The van der Waals surface area contributed by atoms with Crippen LogP contribution in [-0.2, 0) is 6.54 Å². The first-order valence-corrected chi connectivity index (χ1v) is 6.60. The van der Waals surface area contributed by atoms with Crippen LogP contribution in [-0.4, -0.2) is 29.2 Å². The molecule has 0 saturated heterocycles. The molecule has 2 rings (SSSR count). The third-order valence-corrected chi connectivity index (χ3v) is 3.77. The second-order valence-electron chi connectivity index (χ2n) is 5.32. The molecule has 2 atom stereocenters. The van der Waals surface area contributed by atoms with Crippen LogP contribution in [0.4, 0.5) is 0 Å². The quantitative estimate of drug-likeness (QED) is 0.867. The maximum atomic E-state index is 10.0. The normalized spacial score (nSPS) is 25.2. The second kappa shape index (κ2) is 5.65. The molecule has 1 aliphatic rings. The Hall–Kier alpha value is -0.860. The van der Waals surface area contributed by atoms with Crippen molar-refractivity contribution in [1.29, 1.82) is 0 Å². The Morgan fingerprint density at radius 3 is 2.76 bits per heavy atom. The Morgan fingerprint density at radius 2 is 2.06 bits per heavy atom. The van der Waals surface area contributed by atoms with Crippen LogP contribution in [0.15, 0.2) is 24.3 Å². The zero-order valence-electron chi connectivity index (χ0n) is 10.9. The zero-order valence-corrected chi connectivity index (χ0v) is 10.9. The van der Waals surface area contributed by atoms with Crippen molar-refractivity contribution >= 4 is 0 Å². The summed E-state index contributed by atoms with van der Waals surface area (Å²) in [7, 11) is 2.13. The molecule has 0 bridgehead atoms. The van der Waals surface area contributed by atoms with Gasteiger partial charge in [0.05, 0.1) is 6.10 Å².